The lowest BCUT2D eigenvalue weighted by Crippen LogP contribution is -2.11. The van der Waals surface area contributed by atoms with Crippen LogP contribution < -0.4 is 11.5 Å². The van der Waals surface area contributed by atoms with Gasteiger partial charge in [-0.3, -0.25) is 10.8 Å². The Balaban J connectivity index is 1.88. The molecule has 0 fully saturated rings. The fraction of sp³-hybridized carbons (Fsp3) is 0.208. The topological polar surface area (TPSA) is 131 Å². The van der Waals surface area contributed by atoms with Gasteiger partial charge in [-0.2, -0.15) is 0 Å². The fourth-order valence-electron chi connectivity index (χ4n) is 3.31. The number of benzene rings is 2. The van der Waals surface area contributed by atoms with Crippen molar-refractivity contribution in [2.24, 2.45) is 11.5 Å². The molecule has 31 heavy (non-hydrogen) atoms. The Morgan fingerprint density at radius 2 is 1.68 bits per heavy atom. The minimum absolute atomic E-state index is 0.0212. The molecule has 160 valence electrons. The zero-order valence-corrected chi connectivity index (χ0v) is 17.5. The molecule has 0 spiro atoms. The molecule has 0 aliphatic rings. The number of hydrogen-bond donors (Lipinski definition) is 4. The van der Waals surface area contributed by atoms with E-state index in [4.69, 9.17) is 27.0 Å². The second kappa shape index (κ2) is 9.75. The van der Waals surface area contributed by atoms with Gasteiger partial charge in [0.2, 0.25) is 0 Å². The molecular weight excluding hydrogens is 390 g/mol. The first-order valence-corrected chi connectivity index (χ1v) is 10.1. The minimum Gasteiger partial charge on any atom is -0.462 e. The molecule has 0 radical (unpaired) electrons. The normalized spacial score (nSPS) is 10.6. The zero-order chi connectivity index (χ0) is 22.4. The molecule has 0 aliphatic heterocycles. The molecule has 0 aliphatic carbocycles. The maximum atomic E-state index is 12.6. The number of nitrogens with two attached hydrogens (primary N) is 2. The number of nitrogens with zero attached hydrogens (tertiary/aromatic N) is 1. The molecule has 0 unspecified atom stereocenters. The average molecular weight is 418 g/mol. The average Bonchev–Trinajstić information content (AvgIpc) is 3.14. The monoisotopic (exact) mass is 417 g/mol. The van der Waals surface area contributed by atoms with Crippen molar-refractivity contribution in [3.8, 4) is 0 Å². The Labute approximate surface area is 181 Å². The molecule has 0 saturated heterocycles. The van der Waals surface area contributed by atoms with Crippen molar-refractivity contribution < 1.29 is 9.53 Å². The number of rotatable bonds is 9. The van der Waals surface area contributed by atoms with Crippen molar-refractivity contribution in [1.29, 1.82) is 10.8 Å². The Morgan fingerprint density at radius 1 is 0.968 bits per heavy atom. The number of carbonyl (C=O) groups is 1. The van der Waals surface area contributed by atoms with Crippen LogP contribution in [0.2, 0.25) is 0 Å². The SMILES string of the molecule is CCCOC(=O)c1cn(Cc2cccc(C(=N)N)c2)cc1Cc1ccc(C(=N)N)cc1. The number of esters is 1. The number of aromatic nitrogens is 1. The van der Waals surface area contributed by atoms with E-state index in [-0.39, 0.29) is 17.6 Å². The Bertz CT molecular complexity index is 1100. The summed E-state index contributed by atoms with van der Waals surface area (Å²) in [6.45, 7) is 2.87. The Hall–Kier alpha value is -3.87. The third kappa shape index (κ3) is 5.60. The lowest BCUT2D eigenvalue weighted by Gasteiger charge is -2.06. The summed E-state index contributed by atoms with van der Waals surface area (Å²) in [5.41, 5.74) is 15.8. The van der Waals surface area contributed by atoms with E-state index in [1.165, 1.54) is 0 Å². The number of hydrogen-bond acceptors (Lipinski definition) is 4. The van der Waals surface area contributed by atoms with E-state index in [2.05, 4.69) is 0 Å². The lowest BCUT2D eigenvalue weighted by atomic mass is 10.0. The van der Waals surface area contributed by atoms with Gasteiger partial charge in [-0.05, 0) is 35.6 Å². The second-order valence-corrected chi connectivity index (χ2v) is 7.41. The summed E-state index contributed by atoms with van der Waals surface area (Å²) >= 11 is 0. The van der Waals surface area contributed by atoms with E-state index < -0.39 is 0 Å². The van der Waals surface area contributed by atoms with Gasteiger partial charge in [0, 0.05) is 30.1 Å². The number of nitrogens with one attached hydrogen (secondary N) is 2. The molecule has 0 saturated carbocycles. The third-order valence-electron chi connectivity index (χ3n) is 4.88. The molecule has 0 bridgehead atoms. The van der Waals surface area contributed by atoms with Crippen molar-refractivity contribution >= 4 is 17.6 Å². The van der Waals surface area contributed by atoms with Crippen LogP contribution in [0.4, 0.5) is 0 Å². The van der Waals surface area contributed by atoms with Crippen LogP contribution >= 0.6 is 0 Å². The number of carbonyl (C=O) groups excluding carboxylic acids is 1. The summed E-state index contributed by atoms with van der Waals surface area (Å²) < 4.78 is 7.32. The van der Waals surface area contributed by atoms with Gasteiger partial charge in [0.05, 0.1) is 12.2 Å². The van der Waals surface area contributed by atoms with Crippen LogP contribution in [-0.2, 0) is 17.7 Å². The summed E-state index contributed by atoms with van der Waals surface area (Å²) in [5.74, 6) is -0.296. The summed E-state index contributed by atoms with van der Waals surface area (Å²) in [5, 5.41) is 15.2. The molecule has 7 heteroatoms. The van der Waals surface area contributed by atoms with Crippen LogP contribution in [-0.4, -0.2) is 28.8 Å². The smallest absolute Gasteiger partial charge is 0.339 e. The van der Waals surface area contributed by atoms with E-state index >= 15 is 0 Å². The van der Waals surface area contributed by atoms with Crippen molar-refractivity contribution in [3.63, 3.8) is 0 Å². The van der Waals surface area contributed by atoms with Crippen LogP contribution in [0, 0.1) is 10.8 Å². The van der Waals surface area contributed by atoms with Crippen LogP contribution in [0.15, 0.2) is 60.9 Å². The predicted octanol–water partition coefficient (Wildman–Crippen LogP) is 3.26. The number of ether oxygens (including phenoxy) is 1. The Morgan fingerprint density at radius 3 is 2.32 bits per heavy atom. The number of amidine groups is 2. The van der Waals surface area contributed by atoms with Crippen molar-refractivity contribution in [2.75, 3.05) is 6.61 Å². The zero-order valence-electron chi connectivity index (χ0n) is 17.5. The summed E-state index contributed by atoms with van der Waals surface area (Å²) in [6, 6.07) is 14.9. The molecule has 0 atom stereocenters. The van der Waals surface area contributed by atoms with Gasteiger partial charge in [-0.1, -0.05) is 49.4 Å². The first-order valence-electron chi connectivity index (χ1n) is 10.1. The molecule has 0 amide bonds. The molecule has 2 aromatic carbocycles. The molecule has 7 nitrogen and oxygen atoms in total. The van der Waals surface area contributed by atoms with E-state index in [0.717, 1.165) is 23.1 Å². The third-order valence-corrected chi connectivity index (χ3v) is 4.88. The molecule has 3 aromatic rings. The highest BCUT2D eigenvalue weighted by Crippen LogP contribution is 2.19. The van der Waals surface area contributed by atoms with Crippen molar-refractivity contribution in [3.05, 3.63) is 94.3 Å². The van der Waals surface area contributed by atoms with Crippen LogP contribution in [0.1, 0.15) is 51.5 Å². The van der Waals surface area contributed by atoms with Crippen LogP contribution in [0.25, 0.3) is 0 Å². The van der Waals surface area contributed by atoms with Gasteiger partial charge in [0.15, 0.2) is 0 Å². The summed E-state index contributed by atoms with van der Waals surface area (Å²) in [7, 11) is 0. The first kappa shape index (κ1) is 21.8. The van der Waals surface area contributed by atoms with Gasteiger partial charge in [-0.15, -0.1) is 0 Å². The summed E-state index contributed by atoms with van der Waals surface area (Å²) in [6.07, 6.45) is 5.06. The highest BCUT2D eigenvalue weighted by atomic mass is 16.5. The highest BCUT2D eigenvalue weighted by Gasteiger charge is 2.17. The molecular formula is C24H27N5O2. The molecule has 1 heterocycles. The van der Waals surface area contributed by atoms with E-state index in [1.807, 2.05) is 48.0 Å². The fourth-order valence-corrected chi connectivity index (χ4v) is 3.31. The molecule has 1 aromatic heterocycles. The second-order valence-electron chi connectivity index (χ2n) is 7.41. The minimum atomic E-state index is -0.339. The van der Waals surface area contributed by atoms with Crippen LogP contribution in [0.5, 0.6) is 0 Å². The molecule has 6 N–H and O–H groups in total. The first-order chi connectivity index (χ1) is 14.9. The van der Waals surface area contributed by atoms with Gasteiger partial charge in [0.1, 0.15) is 11.7 Å². The van der Waals surface area contributed by atoms with E-state index in [1.54, 1.807) is 24.4 Å². The van der Waals surface area contributed by atoms with Crippen molar-refractivity contribution in [2.45, 2.75) is 26.3 Å². The maximum absolute atomic E-state index is 12.6. The summed E-state index contributed by atoms with van der Waals surface area (Å²) in [4.78, 5) is 12.6. The van der Waals surface area contributed by atoms with Crippen molar-refractivity contribution in [1.82, 2.24) is 4.57 Å². The Kier molecular flexibility index (Phi) is 6.87. The van der Waals surface area contributed by atoms with E-state index in [0.29, 0.717) is 36.3 Å². The van der Waals surface area contributed by atoms with E-state index in [9.17, 15) is 4.79 Å². The van der Waals surface area contributed by atoms with Gasteiger partial charge in [0.25, 0.3) is 0 Å². The molecule has 3 rings (SSSR count). The van der Waals surface area contributed by atoms with Gasteiger partial charge >= 0.3 is 5.97 Å². The van der Waals surface area contributed by atoms with Crippen LogP contribution in [0.3, 0.4) is 0 Å². The quantitative estimate of drug-likeness (QED) is 0.242. The highest BCUT2D eigenvalue weighted by molar-refractivity contribution is 5.95. The predicted molar refractivity (Wildman–Crippen MR) is 122 cm³/mol. The van der Waals surface area contributed by atoms with Gasteiger partial charge < -0.3 is 20.8 Å². The largest absolute Gasteiger partial charge is 0.462 e. The maximum Gasteiger partial charge on any atom is 0.339 e. The van der Waals surface area contributed by atoms with Gasteiger partial charge in [-0.25, -0.2) is 4.79 Å². The standard InChI is InChI=1S/C24H27N5O2/c1-2-10-31-24(30)21-15-29(13-17-4-3-5-19(12-17)23(27)28)14-20(21)11-16-6-8-18(9-7-16)22(25)26/h3-9,12,14-15H,2,10-11,13H2,1H3,(H3,25,26)(H3,27,28). The number of nitrogen functional groups attached to an aromatic ring is 2. The lowest BCUT2D eigenvalue weighted by molar-refractivity contribution is 0.0504.